The van der Waals surface area contributed by atoms with Gasteiger partial charge in [0, 0.05) is 24.5 Å². The number of benzene rings is 1. The first kappa shape index (κ1) is 15.8. The van der Waals surface area contributed by atoms with Crippen LogP contribution in [0.4, 0.5) is 11.4 Å². The Bertz CT molecular complexity index is 436. The van der Waals surface area contributed by atoms with Crippen molar-refractivity contribution in [3.63, 3.8) is 0 Å². The third-order valence-corrected chi connectivity index (χ3v) is 3.71. The number of nitrogens with one attached hydrogen (secondary N) is 2. The van der Waals surface area contributed by atoms with Gasteiger partial charge in [0.15, 0.2) is 0 Å². The lowest BCUT2D eigenvalue weighted by atomic mass is 10.1. The second-order valence-electron chi connectivity index (χ2n) is 6.17. The van der Waals surface area contributed by atoms with Crippen LogP contribution in [0.3, 0.4) is 0 Å². The molecular weight excluding hydrogens is 262 g/mol. The van der Waals surface area contributed by atoms with E-state index in [0.29, 0.717) is 12.5 Å². The standard InChI is InChI=1S/C17H27N3O/c1-14(2)12-18-13-17(21)19-15-6-8-16(9-7-15)20-10-4-3-5-11-20/h6-9,14,18H,3-5,10-13H2,1-2H3,(H,19,21). The van der Waals surface area contributed by atoms with E-state index in [1.165, 1.54) is 24.9 Å². The molecule has 2 rings (SSSR count). The van der Waals surface area contributed by atoms with Crippen LogP contribution in [0.5, 0.6) is 0 Å². The van der Waals surface area contributed by atoms with Crippen LogP contribution in [0.15, 0.2) is 24.3 Å². The van der Waals surface area contributed by atoms with Gasteiger partial charge in [-0.1, -0.05) is 13.8 Å². The highest BCUT2D eigenvalue weighted by Crippen LogP contribution is 2.21. The summed E-state index contributed by atoms with van der Waals surface area (Å²) in [7, 11) is 0. The molecule has 1 aliphatic rings. The monoisotopic (exact) mass is 289 g/mol. The molecule has 116 valence electrons. The van der Waals surface area contributed by atoms with E-state index < -0.39 is 0 Å². The molecule has 0 aromatic heterocycles. The molecule has 0 aliphatic carbocycles. The number of hydrogen-bond acceptors (Lipinski definition) is 3. The highest BCUT2D eigenvalue weighted by atomic mass is 16.1. The molecule has 4 nitrogen and oxygen atoms in total. The van der Waals surface area contributed by atoms with Crippen LogP contribution in [0.2, 0.25) is 0 Å². The Morgan fingerprint density at radius 1 is 1.14 bits per heavy atom. The molecule has 21 heavy (non-hydrogen) atoms. The maximum absolute atomic E-state index is 11.8. The van der Waals surface area contributed by atoms with Crippen LogP contribution >= 0.6 is 0 Å². The van der Waals surface area contributed by atoms with Crippen molar-refractivity contribution in [3.8, 4) is 0 Å². The number of carbonyl (C=O) groups excluding carboxylic acids is 1. The van der Waals surface area contributed by atoms with Crippen LogP contribution in [-0.4, -0.2) is 32.1 Å². The fourth-order valence-electron chi connectivity index (χ4n) is 2.59. The molecule has 0 radical (unpaired) electrons. The SMILES string of the molecule is CC(C)CNCC(=O)Nc1ccc(N2CCCCC2)cc1. The Kier molecular flexibility index (Phi) is 6.05. The summed E-state index contributed by atoms with van der Waals surface area (Å²) in [5, 5.41) is 6.07. The Morgan fingerprint density at radius 2 is 1.81 bits per heavy atom. The average Bonchev–Trinajstić information content (AvgIpc) is 2.48. The van der Waals surface area contributed by atoms with Crippen LogP contribution in [0.1, 0.15) is 33.1 Å². The van der Waals surface area contributed by atoms with E-state index in [9.17, 15) is 4.79 Å². The molecule has 1 amide bonds. The van der Waals surface area contributed by atoms with Crippen molar-refractivity contribution >= 4 is 17.3 Å². The normalized spacial score (nSPS) is 15.3. The minimum absolute atomic E-state index is 0.0152. The van der Waals surface area contributed by atoms with Gasteiger partial charge in [-0.05, 0) is 56.0 Å². The van der Waals surface area contributed by atoms with E-state index in [0.717, 1.165) is 25.3 Å². The molecule has 0 bridgehead atoms. The summed E-state index contributed by atoms with van der Waals surface area (Å²) >= 11 is 0. The van der Waals surface area contributed by atoms with E-state index in [-0.39, 0.29) is 5.91 Å². The van der Waals surface area contributed by atoms with Gasteiger partial charge in [0.2, 0.25) is 5.91 Å². The van der Waals surface area contributed by atoms with Gasteiger partial charge in [0.1, 0.15) is 0 Å². The summed E-state index contributed by atoms with van der Waals surface area (Å²) in [4.78, 5) is 14.2. The number of hydrogen-bond donors (Lipinski definition) is 2. The topological polar surface area (TPSA) is 44.4 Å². The average molecular weight is 289 g/mol. The molecule has 2 N–H and O–H groups in total. The first-order valence-corrected chi connectivity index (χ1v) is 8.01. The third kappa shape index (κ3) is 5.38. The van der Waals surface area contributed by atoms with E-state index in [1.807, 2.05) is 12.1 Å². The van der Waals surface area contributed by atoms with Gasteiger partial charge in [-0.2, -0.15) is 0 Å². The zero-order valence-corrected chi connectivity index (χ0v) is 13.2. The van der Waals surface area contributed by atoms with E-state index in [4.69, 9.17) is 0 Å². The summed E-state index contributed by atoms with van der Waals surface area (Å²) in [6.45, 7) is 7.78. The molecule has 4 heteroatoms. The van der Waals surface area contributed by atoms with Gasteiger partial charge in [0.25, 0.3) is 0 Å². The first-order valence-electron chi connectivity index (χ1n) is 8.01. The van der Waals surface area contributed by atoms with Gasteiger partial charge in [-0.15, -0.1) is 0 Å². The van der Waals surface area contributed by atoms with E-state index >= 15 is 0 Å². The first-order chi connectivity index (χ1) is 10.1. The summed E-state index contributed by atoms with van der Waals surface area (Å²) in [5.74, 6) is 0.572. The second-order valence-corrected chi connectivity index (χ2v) is 6.17. The van der Waals surface area contributed by atoms with Crippen LogP contribution < -0.4 is 15.5 Å². The summed E-state index contributed by atoms with van der Waals surface area (Å²) < 4.78 is 0. The molecule has 0 saturated carbocycles. The van der Waals surface area contributed by atoms with E-state index in [2.05, 4.69) is 41.5 Å². The number of amides is 1. The molecule has 1 aromatic carbocycles. The molecule has 1 aromatic rings. The molecule has 0 atom stereocenters. The van der Waals surface area contributed by atoms with Gasteiger partial charge in [-0.3, -0.25) is 4.79 Å². The molecule has 0 spiro atoms. The second kappa shape index (κ2) is 8.03. The number of anilines is 2. The van der Waals surface area contributed by atoms with Gasteiger partial charge < -0.3 is 15.5 Å². The number of rotatable bonds is 6. The summed E-state index contributed by atoms with van der Waals surface area (Å²) in [6, 6.07) is 8.18. The van der Waals surface area contributed by atoms with Crippen molar-refractivity contribution in [1.29, 1.82) is 0 Å². The predicted molar refractivity (Wildman–Crippen MR) is 88.8 cm³/mol. The zero-order valence-electron chi connectivity index (χ0n) is 13.2. The van der Waals surface area contributed by atoms with Gasteiger partial charge >= 0.3 is 0 Å². The summed E-state index contributed by atoms with van der Waals surface area (Å²) in [5.41, 5.74) is 2.12. The molecule has 1 heterocycles. The Labute approximate surface area is 127 Å². The van der Waals surface area contributed by atoms with Crippen molar-refractivity contribution in [2.75, 3.05) is 36.4 Å². The van der Waals surface area contributed by atoms with Crippen LogP contribution in [0.25, 0.3) is 0 Å². The lowest BCUT2D eigenvalue weighted by Gasteiger charge is -2.28. The molecular formula is C17H27N3O. The largest absolute Gasteiger partial charge is 0.372 e. The molecule has 1 fully saturated rings. The number of nitrogens with zero attached hydrogens (tertiary/aromatic N) is 1. The minimum atomic E-state index is 0.0152. The fourth-order valence-corrected chi connectivity index (χ4v) is 2.59. The van der Waals surface area contributed by atoms with Crippen molar-refractivity contribution < 1.29 is 4.79 Å². The fraction of sp³-hybridized carbons (Fsp3) is 0.588. The van der Waals surface area contributed by atoms with Crippen LogP contribution in [-0.2, 0) is 4.79 Å². The van der Waals surface area contributed by atoms with Crippen molar-refractivity contribution in [2.45, 2.75) is 33.1 Å². The van der Waals surface area contributed by atoms with Crippen molar-refractivity contribution in [1.82, 2.24) is 5.32 Å². The Morgan fingerprint density at radius 3 is 2.43 bits per heavy atom. The quantitative estimate of drug-likeness (QED) is 0.846. The van der Waals surface area contributed by atoms with E-state index in [1.54, 1.807) is 0 Å². The van der Waals surface area contributed by atoms with Crippen molar-refractivity contribution in [2.24, 2.45) is 5.92 Å². The molecule has 1 aliphatic heterocycles. The number of carbonyl (C=O) groups is 1. The zero-order chi connectivity index (χ0) is 15.1. The molecule has 0 unspecified atom stereocenters. The third-order valence-electron chi connectivity index (χ3n) is 3.71. The Hall–Kier alpha value is -1.55. The van der Waals surface area contributed by atoms with Crippen molar-refractivity contribution in [3.05, 3.63) is 24.3 Å². The Balaban J connectivity index is 1.80. The lowest BCUT2D eigenvalue weighted by Crippen LogP contribution is -2.30. The highest BCUT2D eigenvalue weighted by molar-refractivity contribution is 5.92. The molecule has 1 saturated heterocycles. The predicted octanol–water partition coefficient (Wildman–Crippen LogP) is 2.86. The van der Waals surface area contributed by atoms with Crippen LogP contribution in [0, 0.1) is 5.92 Å². The van der Waals surface area contributed by atoms with Gasteiger partial charge in [0.05, 0.1) is 6.54 Å². The highest BCUT2D eigenvalue weighted by Gasteiger charge is 2.10. The summed E-state index contributed by atoms with van der Waals surface area (Å²) in [6.07, 6.45) is 3.90. The van der Waals surface area contributed by atoms with Gasteiger partial charge in [-0.25, -0.2) is 0 Å². The maximum atomic E-state index is 11.8. The maximum Gasteiger partial charge on any atom is 0.238 e. The minimum Gasteiger partial charge on any atom is -0.372 e. The lowest BCUT2D eigenvalue weighted by molar-refractivity contribution is -0.115. The smallest absolute Gasteiger partial charge is 0.238 e. The number of piperidine rings is 1.